The van der Waals surface area contributed by atoms with Gasteiger partial charge in [0.25, 0.3) is 0 Å². The highest BCUT2D eigenvalue weighted by molar-refractivity contribution is 5.88. The number of hydrogen-bond acceptors (Lipinski definition) is 5. The fraction of sp³-hybridized carbons (Fsp3) is 0.812. The topological polar surface area (TPSA) is 84.9 Å². The van der Waals surface area contributed by atoms with Crippen molar-refractivity contribution in [3.8, 4) is 0 Å². The number of alkyl carbamates (subject to hydrolysis) is 1. The summed E-state index contributed by atoms with van der Waals surface area (Å²) in [7, 11) is 1.32. The number of esters is 1. The van der Waals surface area contributed by atoms with E-state index >= 15 is 0 Å². The SMILES string of the molecule is COC(=O)[C@@H]1[C@@H](C(C)C)CCN1C(=O)CNC(=O)OC(C)(C)C. The van der Waals surface area contributed by atoms with Crippen molar-refractivity contribution >= 4 is 18.0 Å². The Morgan fingerprint density at radius 1 is 1.26 bits per heavy atom. The Morgan fingerprint density at radius 2 is 1.87 bits per heavy atom. The van der Waals surface area contributed by atoms with Crippen LogP contribution in [0.2, 0.25) is 0 Å². The number of rotatable bonds is 4. The molecule has 7 nitrogen and oxygen atoms in total. The van der Waals surface area contributed by atoms with Crippen LogP contribution in [0.3, 0.4) is 0 Å². The van der Waals surface area contributed by atoms with Gasteiger partial charge in [-0.2, -0.15) is 0 Å². The lowest BCUT2D eigenvalue weighted by Crippen LogP contribution is -2.48. The summed E-state index contributed by atoms with van der Waals surface area (Å²) in [4.78, 5) is 37.5. The first-order valence-electron chi connectivity index (χ1n) is 7.91. The second kappa shape index (κ2) is 7.66. The Bertz CT molecular complexity index is 456. The van der Waals surface area contributed by atoms with Gasteiger partial charge in [0, 0.05) is 6.54 Å². The van der Waals surface area contributed by atoms with Crippen LogP contribution in [-0.2, 0) is 19.1 Å². The van der Waals surface area contributed by atoms with Crippen molar-refractivity contribution in [3.05, 3.63) is 0 Å². The van der Waals surface area contributed by atoms with E-state index in [2.05, 4.69) is 5.32 Å². The Balaban J connectivity index is 2.67. The minimum Gasteiger partial charge on any atom is -0.467 e. The average Bonchev–Trinajstić information content (AvgIpc) is 2.87. The van der Waals surface area contributed by atoms with Gasteiger partial charge in [0.2, 0.25) is 5.91 Å². The van der Waals surface area contributed by atoms with Crippen LogP contribution in [0, 0.1) is 11.8 Å². The largest absolute Gasteiger partial charge is 0.467 e. The van der Waals surface area contributed by atoms with Crippen LogP contribution < -0.4 is 5.32 Å². The van der Waals surface area contributed by atoms with Gasteiger partial charge in [-0.1, -0.05) is 13.8 Å². The van der Waals surface area contributed by atoms with Crippen LogP contribution in [0.4, 0.5) is 4.79 Å². The molecule has 1 heterocycles. The molecule has 0 saturated carbocycles. The first-order valence-corrected chi connectivity index (χ1v) is 7.91. The van der Waals surface area contributed by atoms with Gasteiger partial charge >= 0.3 is 12.1 Å². The zero-order valence-corrected chi connectivity index (χ0v) is 14.8. The maximum atomic E-state index is 12.4. The van der Waals surface area contributed by atoms with E-state index in [1.54, 1.807) is 20.8 Å². The highest BCUT2D eigenvalue weighted by Crippen LogP contribution is 2.31. The van der Waals surface area contributed by atoms with Crippen molar-refractivity contribution in [3.63, 3.8) is 0 Å². The molecule has 2 amide bonds. The van der Waals surface area contributed by atoms with E-state index in [0.29, 0.717) is 6.54 Å². The van der Waals surface area contributed by atoms with Gasteiger partial charge in [-0.25, -0.2) is 9.59 Å². The predicted molar refractivity (Wildman–Crippen MR) is 84.7 cm³/mol. The Labute approximate surface area is 137 Å². The van der Waals surface area contributed by atoms with E-state index in [4.69, 9.17) is 9.47 Å². The molecule has 0 bridgehead atoms. The number of amides is 2. The van der Waals surface area contributed by atoms with Crippen molar-refractivity contribution in [2.75, 3.05) is 20.2 Å². The van der Waals surface area contributed by atoms with Gasteiger partial charge in [-0.3, -0.25) is 4.79 Å². The zero-order valence-electron chi connectivity index (χ0n) is 14.8. The first-order chi connectivity index (χ1) is 10.6. The lowest BCUT2D eigenvalue weighted by atomic mass is 9.88. The Hall–Kier alpha value is -1.79. The minimum absolute atomic E-state index is 0.0629. The van der Waals surface area contributed by atoms with Crippen LogP contribution >= 0.6 is 0 Å². The molecule has 1 rings (SSSR count). The molecule has 0 unspecified atom stereocenters. The number of nitrogens with zero attached hydrogens (tertiary/aromatic N) is 1. The minimum atomic E-state index is -0.653. The number of nitrogens with one attached hydrogen (secondary N) is 1. The maximum Gasteiger partial charge on any atom is 0.408 e. The molecule has 1 saturated heterocycles. The first kappa shape index (κ1) is 19.3. The van der Waals surface area contributed by atoms with Crippen LogP contribution in [0.15, 0.2) is 0 Å². The van der Waals surface area contributed by atoms with Crippen molar-refractivity contribution in [1.29, 1.82) is 0 Å². The summed E-state index contributed by atoms with van der Waals surface area (Å²) in [5.74, 6) is -0.398. The molecule has 0 aromatic rings. The Morgan fingerprint density at radius 3 is 2.35 bits per heavy atom. The van der Waals surface area contributed by atoms with E-state index < -0.39 is 23.7 Å². The number of carbonyl (C=O) groups excluding carboxylic acids is 3. The van der Waals surface area contributed by atoms with Gasteiger partial charge in [0.15, 0.2) is 0 Å². The van der Waals surface area contributed by atoms with E-state index in [1.165, 1.54) is 12.0 Å². The zero-order chi connectivity index (χ0) is 17.8. The summed E-state index contributed by atoms with van der Waals surface area (Å²) in [6.07, 6.45) is 0.0929. The standard InChI is InChI=1S/C16H28N2O5/c1-10(2)11-7-8-18(13(11)14(20)22-6)12(19)9-17-15(21)23-16(3,4)5/h10-11,13H,7-9H2,1-6H3,(H,17,21)/t11-,13+/m1/s1. The summed E-state index contributed by atoms with van der Waals surface area (Å²) < 4.78 is 9.93. The highest BCUT2D eigenvalue weighted by atomic mass is 16.6. The van der Waals surface area contributed by atoms with Crippen LogP contribution in [-0.4, -0.2) is 54.7 Å². The maximum absolute atomic E-state index is 12.4. The number of likely N-dealkylation sites (tertiary alicyclic amines) is 1. The molecule has 0 aliphatic carbocycles. The van der Waals surface area contributed by atoms with Crippen LogP contribution in [0.5, 0.6) is 0 Å². The third-order valence-corrected chi connectivity index (χ3v) is 3.85. The highest BCUT2D eigenvalue weighted by Gasteiger charge is 2.43. The van der Waals surface area contributed by atoms with E-state index in [9.17, 15) is 14.4 Å². The molecule has 0 radical (unpaired) electrons. The summed E-state index contributed by atoms with van der Waals surface area (Å²) in [5, 5.41) is 2.43. The number of carbonyl (C=O) groups is 3. The van der Waals surface area contributed by atoms with Gasteiger partial charge < -0.3 is 19.7 Å². The molecule has 1 N–H and O–H groups in total. The molecule has 1 fully saturated rings. The summed E-state index contributed by atoms with van der Waals surface area (Å²) >= 11 is 0. The molecule has 2 atom stereocenters. The molecular weight excluding hydrogens is 300 g/mol. The number of ether oxygens (including phenoxy) is 2. The van der Waals surface area contributed by atoms with Gasteiger partial charge in [0.1, 0.15) is 18.2 Å². The lowest BCUT2D eigenvalue weighted by molar-refractivity contribution is -0.152. The average molecular weight is 328 g/mol. The van der Waals surface area contributed by atoms with Crippen LogP contribution in [0.25, 0.3) is 0 Å². The van der Waals surface area contributed by atoms with Crippen molar-refractivity contribution in [2.24, 2.45) is 11.8 Å². The normalized spacial score (nSPS) is 21.3. The molecule has 1 aliphatic rings. The van der Waals surface area contributed by atoms with E-state index in [0.717, 1.165) is 6.42 Å². The third-order valence-electron chi connectivity index (χ3n) is 3.85. The lowest BCUT2D eigenvalue weighted by Gasteiger charge is -2.28. The summed E-state index contributed by atoms with van der Waals surface area (Å²) in [6.45, 7) is 9.56. The van der Waals surface area contributed by atoms with Gasteiger partial charge in [0.05, 0.1) is 7.11 Å². The van der Waals surface area contributed by atoms with E-state index in [-0.39, 0.29) is 24.3 Å². The fourth-order valence-corrected chi connectivity index (χ4v) is 2.78. The number of methoxy groups -OCH3 is 1. The molecule has 7 heteroatoms. The fourth-order valence-electron chi connectivity index (χ4n) is 2.78. The quantitative estimate of drug-likeness (QED) is 0.792. The molecule has 23 heavy (non-hydrogen) atoms. The monoisotopic (exact) mass is 328 g/mol. The van der Waals surface area contributed by atoms with Gasteiger partial charge in [-0.15, -0.1) is 0 Å². The second-order valence-electron chi connectivity index (χ2n) is 7.11. The molecule has 1 aliphatic heterocycles. The Kier molecular flexibility index (Phi) is 6.41. The smallest absolute Gasteiger partial charge is 0.408 e. The molecule has 132 valence electrons. The molecule has 0 aromatic carbocycles. The van der Waals surface area contributed by atoms with E-state index in [1.807, 2.05) is 13.8 Å². The van der Waals surface area contributed by atoms with Crippen LogP contribution in [0.1, 0.15) is 41.0 Å². The predicted octanol–water partition coefficient (Wildman–Crippen LogP) is 1.56. The molecule has 0 spiro atoms. The molecular formula is C16H28N2O5. The molecule has 0 aromatic heterocycles. The summed E-state index contributed by atoms with van der Waals surface area (Å²) in [5.41, 5.74) is -0.627. The van der Waals surface area contributed by atoms with Crippen molar-refractivity contribution in [2.45, 2.75) is 52.7 Å². The van der Waals surface area contributed by atoms with Crippen molar-refractivity contribution < 1.29 is 23.9 Å². The van der Waals surface area contributed by atoms with Crippen molar-refractivity contribution in [1.82, 2.24) is 10.2 Å². The second-order valence-corrected chi connectivity index (χ2v) is 7.11. The van der Waals surface area contributed by atoms with Gasteiger partial charge in [-0.05, 0) is 39.0 Å². The number of hydrogen-bond donors (Lipinski definition) is 1. The summed E-state index contributed by atoms with van der Waals surface area (Å²) in [6, 6.07) is -0.590. The third kappa shape index (κ3) is 5.41.